The van der Waals surface area contributed by atoms with Crippen LogP contribution in [0, 0.1) is 17.3 Å². The lowest BCUT2D eigenvalue weighted by Gasteiger charge is -2.56. The molecule has 1 saturated heterocycles. The molecule has 0 aromatic rings. The van der Waals surface area contributed by atoms with E-state index in [2.05, 4.69) is 6.58 Å². The maximum absolute atomic E-state index is 13.0. The summed E-state index contributed by atoms with van der Waals surface area (Å²) < 4.78 is 34.2. The molecule has 3 aliphatic rings. The number of rotatable bonds is 5. The third-order valence-corrected chi connectivity index (χ3v) is 8.68. The molecule has 10 atom stereocenters. The normalized spacial score (nSPS) is 38.6. The van der Waals surface area contributed by atoms with Crippen LogP contribution >= 0.6 is 0 Å². The van der Waals surface area contributed by atoms with Gasteiger partial charge in [0.15, 0.2) is 11.7 Å². The van der Waals surface area contributed by atoms with Crippen molar-refractivity contribution in [2.45, 2.75) is 110 Å². The third kappa shape index (κ3) is 6.46. The van der Waals surface area contributed by atoms with Gasteiger partial charge in [-0.3, -0.25) is 28.8 Å². The summed E-state index contributed by atoms with van der Waals surface area (Å²) in [5, 5.41) is 12.5. The molecule has 0 radical (unpaired) electrons. The largest absolute Gasteiger partial charge is 0.462 e. The van der Waals surface area contributed by atoms with E-state index in [4.69, 9.17) is 28.4 Å². The highest BCUT2D eigenvalue weighted by atomic mass is 16.6. The van der Waals surface area contributed by atoms with Crippen molar-refractivity contribution < 1.29 is 62.3 Å². The van der Waals surface area contributed by atoms with Crippen molar-refractivity contribution in [1.29, 1.82) is 0 Å². The summed E-state index contributed by atoms with van der Waals surface area (Å²) in [6.07, 6.45) is -6.50. The average molecular weight is 609 g/mol. The SMILES string of the molecule is C=C1[C@@H](OC(C)=O)C[C@H](OC(C)=O)[C@]2(C)[C@@H](OC(C)=O)C[C@@H](OC(C)=O)/C(C)=C\[C@@H]3OC(=O)[C@H](C)[C@@]3(O)[C@@H](OC(C)=O)[C@@H]12. The summed E-state index contributed by atoms with van der Waals surface area (Å²) in [6.45, 7) is 14.6. The van der Waals surface area contributed by atoms with E-state index < -0.39 is 95.3 Å². The molecule has 2 fully saturated rings. The number of carbonyl (C=O) groups excluding carboxylic acids is 6. The van der Waals surface area contributed by atoms with Gasteiger partial charge in [0.2, 0.25) is 0 Å². The highest BCUT2D eigenvalue weighted by Gasteiger charge is 2.69. The second kappa shape index (κ2) is 12.5. The standard InChI is InChI=1S/C30H40O13/c1-13-10-25-30(37,15(3)28(36)43-25)27(42-20(8)35)26-14(2)22(39-17(5)32)12-24(41-19(7)34)29(26,9)23(40-18(6)33)11-21(13)38-16(4)31/h10,15,21-27,37H,2,11-12H2,1,3-9H3/b13-10-/t15-,21+,22-,23-,24-,25-,26+,27-,29-,30-/m0/s1. The number of hydrogen-bond donors (Lipinski definition) is 1. The van der Waals surface area contributed by atoms with E-state index in [9.17, 15) is 33.9 Å². The molecule has 2 aliphatic carbocycles. The molecule has 238 valence electrons. The number of fused-ring (bicyclic) bond motifs is 2. The van der Waals surface area contributed by atoms with Crippen LogP contribution in [0.4, 0.5) is 0 Å². The Bertz CT molecular complexity index is 1240. The highest BCUT2D eigenvalue weighted by Crippen LogP contribution is 2.56. The fourth-order valence-electron chi connectivity index (χ4n) is 6.67. The zero-order chi connectivity index (χ0) is 32.6. The molecular weight excluding hydrogens is 568 g/mol. The molecular formula is C30H40O13. The predicted octanol–water partition coefficient (Wildman–Crippen LogP) is 1.87. The van der Waals surface area contributed by atoms with Gasteiger partial charge in [0.25, 0.3) is 0 Å². The van der Waals surface area contributed by atoms with Gasteiger partial charge in [-0.2, -0.15) is 0 Å². The van der Waals surface area contributed by atoms with Crippen LogP contribution in [0.5, 0.6) is 0 Å². The Morgan fingerprint density at radius 3 is 1.74 bits per heavy atom. The van der Waals surface area contributed by atoms with Gasteiger partial charge < -0.3 is 33.5 Å². The van der Waals surface area contributed by atoms with Crippen LogP contribution in [0.1, 0.15) is 68.2 Å². The lowest BCUT2D eigenvalue weighted by atomic mass is 9.54. The van der Waals surface area contributed by atoms with Crippen LogP contribution in [-0.2, 0) is 57.2 Å². The Morgan fingerprint density at radius 2 is 1.28 bits per heavy atom. The number of ether oxygens (including phenoxy) is 6. The summed E-state index contributed by atoms with van der Waals surface area (Å²) in [4.78, 5) is 75.1. The molecule has 3 rings (SSSR count). The molecule has 1 saturated carbocycles. The minimum Gasteiger partial charge on any atom is -0.462 e. The molecule has 13 nitrogen and oxygen atoms in total. The molecule has 0 aromatic carbocycles. The molecule has 0 aromatic heterocycles. The number of aliphatic hydroxyl groups is 1. The second-order valence-corrected chi connectivity index (χ2v) is 11.7. The Balaban J connectivity index is 2.48. The average Bonchev–Trinajstić information content (AvgIpc) is 3.07. The van der Waals surface area contributed by atoms with Crippen molar-refractivity contribution in [1.82, 2.24) is 0 Å². The first-order valence-corrected chi connectivity index (χ1v) is 14.0. The van der Waals surface area contributed by atoms with Crippen molar-refractivity contribution in [2.75, 3.05) is 0 Å². The third-order valence-electron chi connectivity index (χ3n) is 8.68. The molecule has 0 spiro atoms. The highest BCUT2D eigenvalue weighted by molar-refractivity contribution is 5.78. The van der Waals surface area contributed by atoms with E-state index in [1.54, 1.807) is 13.8 Å². The van der Waals surface area contributed by atoms with Crippen molar-refractivity contribution in [2.24, 2.45) is 17.3 Å². The van der Waals surface area contributed by atoms with Crippen LogP contribution in [0.15, 0.2) is 23.8 Å². The lowest BCUT2D eigenvalue weighted by molar-refractivity contribution is -0.228. The minimum absolute atomic E-state index is 0.130. The first kappa shape index (κ1) is 33.8. The topological polar surface area (TPSA) is 178 Å². The lowest BCUT2D eigenvalue weighted by Crippen LogP contribution is -2.67. The van der Waals surface area contributed by atoms with Crippen LogP contribution in [0.25, 0.3) is 0 Å². The summed E-state index contributed by atoms with van der Waals surface area (Å²) in [5.74, 6) is -6.99. The van der Waals surface area contributed by atoms with Crippen molar-refractivity contribution in [3.63, 3.8) is 0 Å². The van der Waals surface area contributed by atoms with Crippen molar-refractivity contribution in [3.05, 3.63) is 23.8 Å². The predicted molar refractivity (Wildman–Crippen MR) is 145 cm³/mol. The summed E-state index contributed by atoms with van der Waals surface area (Å²) in [6, 6.07) is 0. The van der Waals surface area contributed by atoms with Gasteiger partial charge in [-0.1, -0.05) is 13.5 Å². The molecule has 0 unspecified atom stereocenters. The Hall–Kier alpha value is -3.74. The molecule has 0 bridgehead atoms. The fraction of sp³-hybridized carbons (Fsp3) is 0.667. The van der Waals surface area contributed by atoms with E-state index in [0.717, 1.165) is 13.8 Å². The van der Waals surface area contributed by atoms with Gasteiger partial charge in [-0.25, -0.2) is 0 Å². The Kier molecular flexibility index (Phi) is 9.79. The van der Waals surface area contributed by atoms with E-state index in [-0.39, 0.29) is 18.4 Å². The van der Waals surface area contributed by atoms with Gasteiger partial charge in [0.1, 0.15) is 30.5 Å². The maximum atomic E-state index is 13.0. The molecule has 1 heterocycles. The van der Waals surface area contributed by atoms with Crippen LogP contribution in [-0.4, -0.2) is 83.1 Å². The summed E-state index contributed by atoms with van der Waals surface area (Å²) >= 11 is 0. The quantitative estimate of drug-likeness (QED) is 0.272. The second-order valence-electron chi connectivity index (χ2n) is 11.7. The zero-order valence-electron chi connectivity index (χ0n) is 25.7. The minimum atomic E-state index is -2.27. The monoisotopic (exact) mass is 608 g/mol. The molecule has 0 amide bonds. The van der Waals surface area contributed by atoms with Crippen molar-refractivity contribution in [3.8, 4) is 0 Å². The maximum Gasteiger partial charge on any atom is 0.312 e. The van der Waals surface area contributed by atoms with Gasteiger partial charge in [-0.15, -0.1) is 0 Å². The van der Waals surface area contributed by atoms with Gasteiger partial charge in [0.05, 0.1) is 11.3 Å². The first-order chi connectivity index (χ1) is 19.8. The van der Waals surface area contributed by atoms with E-state index in [1.807, 2.05) is 0 Å². The first-order valence-electron chi connectivity index (χ1n) is 14.0. The van der Waals surface area contributed by atoms with Gasteiger partial charge in [0, 0.05) is 53.4 Å². The summed E-state index contributed by atoms with van der Waals surface area (Å²) in [5.41, 5.74) is -3.35. The smallest absolute Gasteiger partial charge is 0.312 e. The van der Waals surface area contributed by atoms with Crippen molar-refractivity contribution >= 4 is 35.8 Å². The van der Waals surface area contributed by atoms with Gasteiger partial charge in [-0.05, 0) is 31.1 Å². The fourth-order valence-corrected chi connectivity index (χ4v) is 6.67. The molecule has 1 N–H and O–H groups in total. The molecule has 43 heavy (non-hydrogen) atoms. The number of carbonyl (C=O) groups is 6. The summed E-state index contributed by atoms with van der Waals surface area (Å²) in [7, 11) is 0. The number of hydrogen-bond acceptors (Lipinski definition) is 13. The van der Waals surface area contributed by atoms with E-state index in [1.165, 1.54) is 33.8 Å². The van der Waals surface area contributed by atoms with Crippen LogP contribution < -0.4 is 0 Å². The molecule has 1 aliphatic heterocycles. The van der Waals surface area contributed by atoms with Crippen LogP contribution in [0.2, 0.25) is 0 Å². The Morgan fingerprint density at radius 1 is 0.837 bits per heavy atom. The zero-order valence-corrected chi connectivity index (χ0v) is 25.7. The van der Waals surface area contributed by atoms with Crippen LogP contribution in [0.3, 0.4) is 0 Å². The van der Waals surface area contributed by atoms with E-state index >= 15 is 0 Å². The Labute approximate surface area is 249 Å². The van der Waals surface area contributed by atoms with Gasteiger partial charge >= 0.3 is 35.8 Å². The van der Waals surface area contributed by atoms with E-state index in [0.29, 0.717) is 5.57 Å². The molecule has 13 heteroatoms. The number of esters is 6.